The van der Waals surface area contributed by atoms with Crippen molar-refractivity contribution >= 4 is 11.6 Å². The summed E-state index contributed by atoms with van der Waals surface area (Å²) >= 11 is 5.95. The van der Waals surface area contributed by atoms with E-state index in [9.17, 15) is 5.11 Å². The molecule has 2 fully saturated rings. The van der Waals surface area contributed by atoms with E-state index in [4.69, 9.17) is 16.3 Å². The molecule has 1 aliphatic heterocycles. The molecule has 0 radical (unpaired) electrons. The summed E-state index contributed by atoms with van der Waals surface area (Å²) in [6, 6.07) is 0. The number of aliphatic hydroxyl groups excluding tert-OH is 1. The first-order valence-electron chi connectivity index (χ1n) is 9.10. The third-order valence-electron chi connectivity index (χ3n) is 5.14. The minimum atomic E-state index is -0.299. The average molecular weight is 346 g/mol. The van der Waals surface area contributed by atoms with Gasteiger partial charge in [-0.25, -0.2) is 0 Å². The van der Waals surface area contributed by atoms with Crippen molar-refractivity contribution < 1.29 is 9.84 Å². The van der Waals surface area contributed by atoms with E-state index in [-0.39, 0.29) is 11.5 Å². The summed E-state index contributed by atoms with van der Waals surface area (Å²) in [5.41, 5.74) is 0.172. The molecule has 1 saturated heterocycles. The number of piperidine rings is 1. The van der Waals surface area contributed by atoms with Crippen LogP contribution in [0.15, 0.2) is 11.6 Å². The van der Waals surface area contributed by atoms with E-state index in [0.717, 1.165) is 36.3 Å². The van der Waals surface area contributed by atoms with Gasteiger partial charge in [0.1, 0.15) is 0 Å². The summed E-state index contributed by atoms with van der Waals surface area (Å²) in [6.45, 7) is 14.1. The molecule has 3 nitrogen and oxygen atoms in total. The Labute approximate surface area is 148 Å². The highest BCUT2D eigenvalue weighted by atomic mass is 35.5. The summed E-state index contributed by atoms with van der Waals surface area (Å²) in [7, 11) is 1.63. The van der Waals surface area contributed by atoms with Gasteiger partial charge in [-0.2, -0.15) is 0 Å². The van der Waals surface area contributed by atoms with E-state index in [0.29, 0.717) is 6.61 Å². The molecule has 0 amide bonds. The van der Waals surface area contributed by atoms with Crippen LogP contribution in [-0.2, 0) is 4.74 Å². The monoisotopic (exact) mass is 345 g/mol. The average Bonchev–Trinajstić information content (AvgIpc) is 3.07. The zero-order valence-electron chi connectivity index (χ0n) is 15.5. The van der Waals surface area contributed by atoms with Gasteiger partial charge in [0.25, 0.3) is 0 Å². The molecular formula is C19H36ClNO2. The lowest BCUT2D eigenvalue weighted by Gasteiger charge is -2.27. The fourth-order valence-corrected chi connectivity index (χ4v) is 3.88. The molecule has 1 heterocycles. The Morgan fingerprint density at radius 1 is 1.30 bits per heavy atom. The SMILES string of the molecule is C=C(Cl)C(C)(CCC)CCC.COCC(O)CN1CC2CC2C1. The standard InChI is InChI=1S/C10H19Cl.C9H17NO2/c1-5-7-10(4,8-6-2)9(3)11;1-12-6-9(11)5-10-3-7-2-8(7)4-10/h3,5-8H2,1-2,4H3;7-9,11H,2-6H2,1H3. The van der Waals surface area contributed by atoms with Crippen molar-refractivity contribution in [1.82, 2.24) is 4.90 Å². The predicted molar refractivity (Wildman–Crippen MR) is 98.8 cm³/mol. The van der Waals surface area contributed by atoms with Gasteiger partial charge in [-0.1, -0.05) is 51.8 Å². The van der Waals surface area contributed by atoms with E-state index < -0.39 is 0 Å². The second-order valence-corrected chi connectivity index (χ2v) is 8.01. The Balaban J connectivity index is 0.000000232. The third-order valence-corrected chi connectivity index (χ3v) is 5.60. The maximum absolute atomic E-state index is 9.44. The molecule has 0 aromatic heterocycles. The Kier molecular flexibility index (Phi) is 9.13. The molecule has 23 heavy (non-hydrogen) atoms. The number of nitrogens with zero attached hydrogens (tertiary/aromatic N) is 1. The largest absolute Gasteiger partial charge is 0.389 e. The van der Waals surface area contributed by atoms with Gasteiger partial charge in [0.15, 0.2) is 0 Å². The maximum Gasteiger partial charge on any atom is 0.0900 e. The summed E-state index contributed by atoms with van der Waals surface area (Å²) in [6.07, 6.45) is 5.81. The lowest BCUT2D eigenvalue weighted by atomic mass is 9.81. The summed E-state index contributed by atoms with van der Waals surface area (Å²) in [5.74, 6) is 1.92. The van der Waals surface area contributed by atoms with Crippen molar-refractivity contribution in [3.63, 3.8) is 0 Å². The maximum atomic E-state index is 9.44. The summed E-state index contributed by atoms with van der Waals surface area (Å²) < 4.78 is 4.88. The number of hydrogen-bond donors (Lipinski definition) is 1. The minimum absolute atomic E-state index is 0.172. The molecule has 1 saturated carbocycles. The van der Waals surface area contributed by atoms with E-state index in [2.05, 4.69) is 32.3 Å². The van der Waals surface area contributed by atoms with Crippen LogP contribution in [0.2, 0.25) is 0 Å². The lowest BCUT2D eigenvalue weighted by molar-refractivity contribution is 0.0405. The molecule has 1 aliphatic carbocycles. The fraction of sp³-hybridized carbons (Fsp3) is 0.895. The molecule has 136 valence electrons. The van der Waals surface area contributed by atoms with Crippen LogP contribution in [0.3, 0.4) is 0 Å². The van der Waals surface area contributed by atoms with Crippen molar-refractivity contribution in [2.24, 2.45) is 17.3 Å². The number of aliphatic hydroxyl groups is 1. The third kappa shape index (κ3) is 7.13. The molecule has 0 spiro atoms. The molecule has 2 aliphatic rings. The second-order valence-electron chi connectivity index (χ2n) is 7.55. The van der Waals surface area contributed by atoms with Crippen LogP contribution >= 0.6 is 11.6 Å². The molecular weight excluding hydrogens is 310 g/mol. The van der Waals surface area contributed by atoms with Gasteiger partial charge in [-0.15, -0.1) is 0 Å². The van der Waals surface area contributed by atoms with Crippen molar-refractivity contribution in [1.29, 1.82) is 0 Å². The highest BCUT2D eigenvalue weighted by molar-refractivity contribution is 6.29. The zero-order chi connectivity index (χ0) is 17.5. The Bertz CT molecular complexity index is 345. The van der Waals surface area contributed by atoms with Crippen LogP contribution in [0.25, 0.3) is 0 Å². The van der Waals surface area contributed by atoms with Gasteiger partial charge in [0.05, 0.1) is 12.7 Å². The normalized spacial score (nSPS) is 24.6. The first-order chi connectivity index (χ1) is 10.9. The lowest BCUT2D eigenvalue weighted by Crippen LogP contribution is -2.34. The van der Waals surface area contributed by atoms with Gasteiger partial charge in [-0.05, 0) is 31.1 Å². The molecule has 0 aromatic rings. The number of hydrogen-bond acceptors (Lipinski definition) is 3. The molecule has 3 atom stereocenters. The summed E-state index contributed by atoms with van der Waals surface area (Å²) in [4.78, 5) is 2.35. The highest BCUT2D eigenvalue weighted by Gasteiger charge is 2.44. The van der Waals surface area contributed by atoms with Crippen LogP contribution < -0.4 is 0 Å². The number of methoxy groups -OCH3 is 1. The van der Waals surface area contributed by atoms with E-state index in [1.54, 1.807) is 7.11 Å². The molecule has 3 unspecified atom stereocenters. The predicted octanol–water partition coefficient (Wildman–Crippen LogP) is 4.29. The zero-order valence-corrected chi connectivity index (χ0v) is 16.2. The number of likely N-dealkylation sites (tertiary alicyclic amines) is 1. The van der Waals surface area contributed by atoms with Crippen LogP contribution in [0, 0.1) is 17.3 Å². The van der Waals surface area contributed by atoms with E-state index in [1.165, 1.54) is 32.4 Å². The minimum Gasteiger partial charge on any atom is -0.389 e. The second kappa shape index (κ2) is 10.0. The summed E-state index contributed by atoms with van der Waals surface area (Å²) in [5, 5.41) is 10.3. The number of halogens is 1. The molecule has 0 aromatic carbocycles. The Morgan fingerprint density at radius 2 is 1.83 bits per heavy atom. The van der Waals surface area contributed by atoms with Crippen LogP contribution in [-0.4, -0.2) is 49.5 Å². The van der Waals surface area contributed by atoms with Crippen LogP contribution in [0.1, 0.15) is 52.9 Å². The van der Waals surface area contributed by atoms with Gasteiger partial charge < -0.3 is 14.7 Å². The van der Waals surface area contributed by atoms with Crippen molar-refractivity contribution in [3.8, 4) is 0 Å². The molecule has 1 N–H and O–H groups in total. The smallest absolute Gasteiger partial charge is 0.0900 e. The fourth-order valence-electron chi connectivity index (χ4n) is 3.69. The van der Waals surface area contributed by atoms with Gasteiger partial charge in [-0.3, -0.25) is 0 Å². The van der Waals surface area contributed by atoms with E-state index in [1.807, 2.05) is 0 Å². The number of β-amino-alcohol motifs (C(OH)–C–C–N with tert-alkyl or cyclic N) is 1. The first-order valence-corrected chi connectivity index (χ1v) is 9.48. The van der Waals surface area contributed by atoms with Gasteiger partial charge >= 0.3 is 0 Å². The van der Waals surface area contributed by atoms with E-state index >= 15 is 0 Å². The van der Waals surface area contributed by atoms with Crippen molar-refractivity contribution in [2.75, 3.05) is 33.4 Å². The van der Waals surface area contributed by atoms with Crippen molar-refractivity contribution in [2.45, 2.75) is 59.0 Å². The van der Waals surface area contributed by atoms with Gasteiger partial charge in [0.2, 0.25) is 0 Å². The topological polar surface area (TPSA) is 32.7 Å². The number of allylic oxidation sites excluding steroid dienone is 1. The number of fused-ring (bicyclic) bond motifs is 1. The highest BCUT2D eigenvalue weighted by Crippen LogP contribution is 2.44. The van der Waals surface area contributed by atoms with Gasteiger partial charge in [0, 0.05) is 37.2 Å². The van der Waals surface area contributed by atoms with Crippen molar-refractivity contribution in [3.05, 3.63) is 11.6 Å². The first kappa shape index (κ1) is 21.0. The number of ether oxygens (including phenoxy) is 1. The Hall–Kier alpha value is -0.0900. The van der Waals surface area contributed by atoms with Crippen LogP contribution in [0.5, 0.6) is 0 Å². The Morgan fingerprint density at radius 3 is 2.22 bits per heavy atom. The van der Waals surface area contributed by atoms with Crippen LogP contribution in [0.4, 0.5) is 0 Å². The molecule has 2 rings (SSSR count). The molecule has 4 heteroatoms. The molecule has 0 bridgehead atoms. The quantitative estimate of drug-likeness (QED) is 0.676. The number of rotatable bonds is 9.